The smallest absolute Gasteiger partial charge is 0.153 e. The van der Waals surface area contributed by atoms with Gasteiger partial charge >= 0.3 is 0 Å². The maximum Gasteiger partial charge on any atom is 0.153 e. The van der Waals surface area contributed by atoms with Crippen molar-refractivity contribution >= 4 is 9.84 Å². The van der Waals surface area contributed by atoms with Crippen molar-refractivity contribution in [1.29, 1.82) is 0 Å². The monoisotopic (exact) mass is 254 g/mol. The average Bonchev–Trinajstić information content (AvgIpc) is 2.97. The molecule has 2 heterocycles. The molecule has 2 aromatic rings. The van der Waals surface area contributed by atoms with Gasteiger partial charge in [0.2, 0.25) is 0 Å². The fraction of sp³-hybridized carbons (Fsp3) is 0.400. The van der Waals surface area contributed by atoms with E-state index in [4.69, 9.17) is 0 Å². The molecule has 0 aromatic carbocycles. The zero-order chi connectivity index (χ0) is 12.1. The van der Waals surface area contributed by atoms with Gasteiger partial charge < -0.3 is 0 Å². The molecule has 0 aliphatic heterocycles. The first-order valence-corrected chi connectivity index (χ1v) is 7.13. The summed E-state index contributed by atoms with van der Waals surface area (Å²) in [5.41, 5.74) is 0. The summed E-state index contributed by atoms with van der Waals surface area (Å²) in [4.78, 5) is 0. The summed E-state index contributed by atoms with van der Waals surface area (Å²) in [6.45, 7) is 0.795. The van der Waals surface area contributed by atoms with Crippen LogP contribution in [0.2, 0.25) is 0 Å². The minimum atomic E-state index is -3.06. The van der Waals surface area contributed by atoms with E-state index in [1.807, 2.05) is 0 Å². The third kappa shape index (κ3) is 3.70. The minimum absolute atomic E-state index is 0.107. The summed E-state index contributed by atoms with van der Waals surface area (Å²) in [5.74, 6) is 0.214. The lowest BCUT2D eigenvalue weighted by Crippen LogP contribution is -2.19. The second-order valence-electron chi connectivity index (χ2n) is 3.69. The van der Waals surface area contributed by atoms with Gasteiger partial charge in [-0.1, -0.05) is 0 Å². The standard InChI is InChI=1S/C10H14N4O2S/c15-17(16,9-7-13-5-1-3-11-13)10-8-14-6-2-4-12-14/h1-6H,7-10H2. The number of aromatic nitrogens is 4. The summed E-state index contributed by atoms with van der Waals surface area (Å²) in [6, 6.07) is 3.55. The molecule has 0 aliphatic carbocycles. The Balaban J connectivity index is 1.82. The number of hydrogen-bond acceptors (Lipinski definition) is 4. The molecular formula is C10H14N4O2S. The predicted octanol–water partition coefficient (Wildman–Crippen LogP) is 0.195. The largest absolute Gasteiger partial charge is 0.272 e. The molecule has 0 saturated carbocycles. The van der Waals surface area contributed by atoms with Gasteiger partial charge in [-0.15, -0.1) is 0 Å². The van der Waals surface area contributed by atoms with E-state index in [1.54, 1.807) is 46.3 Å². The van der Waals surface area contributed by atoms with Crippen molar-refractivity contribution in [2.24, 2.45) is 0 Å². The Kier molecular flexibility index (Phi) is 3.58. The molecule has 17 heavy (non-hydrogen) atoms. The molecule has 0 amide bonds. The van der Waals surface area contributed by atoms with E-state index < -0.39 is 9.84 Å². The maximum absolute atomic E-state index is 11.7. The average molecular weight is 254 g/mol. The van der Waals surface area contributed by atoms with Gasteiger partial charge in [0.15, 0.2) is 9.84 Å². The van der Waals surface area contributed by atoms with Gasteiger partial charge in [-0.05, 0) is 12.1 Å². The van der Waals surface area contributed by atoms with Gasteiger partial charge in [0.25, 0.3) is 0 Å². The van der Waals surface area contributed by atoms with E-state index in [1.165, 1.54) is 0 Å². The zero-order valence-corrected chi connectivity index (χ0v) is 10.1. The van der Waals surface area contributed by atoms with Crippen molar-refractivity contribution in [3.8, 4) is 0 Å². The number of sulfone groups is 1. The van der Waals surface area contributed by atoms with Gasteiger partial charge in [0.05, 0.1) is 24.6 Å². The molecule has 6 nitrogen and oxygen atoms in total. The highest BCUT2D eigenvalue weighted by Crippen LogP contribution is 1.96. The zero-order valence-electron chi connectivity index (χ0n) is 9.31. The third-order valence-corrected chi connectivity index (χ3v) is 3.99. The molecule has 0 radical (unpaired) electrons. The first-order valence-electron chi connectivity index (χ1n) is 5.31. The van der Waals surface area contributed by atoms with Gasteiger partial charge in [-0.3, -0.25) is 9.36 Å². The van der Waals surface area contributed by atoms with Crippen LogP contribution in [0.4, 0.5) is 0 Å². The molecule has 0 N–H and O–H groups in total. The van der Waals surface area contributed by atoms with Crippen molar-refractivity contribution in [2.75, 3.05) is 11.5 Å². The first-order chi connectivity index (χ1) is 8.16. The van der Waals surface area contributed by atoms with Crippen LogP contribution in [0.1, 0.15) is 0 Å². The molecule has 2 aromatic heterocycles. The molecule has 0 unspecified atom stereocenters. The quantitative estimate of drug-likeness (QED) is 0.738. The van der Waals surface area contributed by atoms with Gasteiger partial charge in [-0.2, -0.15) is 10.2 Å². The van der Waals surface area contributed by atoms with Crippen LogP contribution in [0.15, 0.2) is 36.9 Å². The van der Waals surface area contributed by atoms with Gasteiger partial charge in [0.1, 0.15) is 0 Å². The topological polar surface area (TPSA) is 69.8 Å². The van der Waals surface area contributed by atoms with Crippen LogP contribution in [0, 0.1) is 0 Å². The summed E-state index contributed by atoms with van der Waals surface area (Å²) in [7, 11) is -3.06. The molecule has 0 fully saturated rings. The third-order valence-electron chi connectivity index (χ3n) is 2.38. The van der Waals surface area contributed by atoms with E-state index >= 15 is 0 Å². The lowest BCUT2D eigenvalue weighted by atomic mass is 10.7. The maximum atomic E-state index is 11.7. The Bertz CT molecular complexity index is 487. The number of hydrogen-bond donors (Lipinski definition) is 0. The van der Waals surface area contributed by atoms with Crippen molar-refractivity contribution in [1.82, 2.24) is 19.6 Å². The molecule has 7 heteroatoms. The number of rotatable bonds is 6. The second-order valence-corrected chi connectivity index (χ2v) is 5.99. The Labute approximate surface area is 99.8 Å². The Morgan fingerprint density at radius 3 is 1.71 bits per heavy atom. The van der Waals surface area contributed by atoms with Crippen molar-refractivity contribution in [3.05, 3.63) is 36.9 Å². The normalized spacial score (nSPS) is 11.8. The Hall–Kier alpha value is -1.63. The summed E-state index contributed by atoms with van der Waals surface area (Å²) >= 11 is 0. The van der Waals surface area contributed by atoms with Gasteiger partial charge in [-0.25, -0.2) is 8.42 Å². The lowest BCUT2D eigenvalue weighted by Gasteiger charge is -2.05. The fourth-order valence-electron chi connectivity index (χ4n) is 1.43. The number of nitrogens with zero attached hydrogens (tertiary/aromatic N) is 4. The molecule has 92 valence electrons. The predicted molar refractivity (Wildman–Crippen MR) is 63.1 cm³/mol. The van der Waals surface area contributed by atoms with Crippen LogP contribution < -0.4 is 0 Å². The molecule has 0 atom stereocenters. The van der Waals surface area contributed by atoms with E-state index in [2.05, 4.69) is 10.2 Å². The Morgan fingerprint density at radius 1 is 0.882 bits per heavy atom. The van der Waals surface area contributed by atoms with Crippen LogP contribution in [0.3, 0.4) is 0 Å². The fourth-order valence-corrected chi connectivity index (χ4v) is 2.57. The molecule has 0 aliphatic rings. The molecular weight excluding hydrogens is 240 g/mol. The summed E-state index contributed by atoms with van der Waals surface area (Å²) in [5, 5.41) is 7.93. The van der Waals surface area contributed by atoms with E-state index in [-0.39, 0.29) is 11.5 Å². The SMILES string of the molecule is O=S(=O)(CCn1cccn1)CCn1cccn1. The number of aryl methyl sites for hydroxylation is 2. The molecule has 0 bridgehead atoms. The van der Waals surface area contributed by atoms with Crippen molar-refractivity contribution in [2.45, 2.75) is 13.1 Å². The Morgan fingerprint density at radius 2 is 1.35 bits per heavy atom. The van der Waals surface area contributed by atoms with E-state index in [9.17, 15) is 8.42 Å². The highest BCUT2D eigenvalue weighted by atomic mass is 32.2. The van der Waals surface area contributed by atoms with Crippen molar-refractivity contribution in [3.63, 3.8) is 0 Å². The second kappa shape index (κ2) is 5.13. The van der Waals surface area contributed by atoms with E-state index in [0.29, 0.717) is 13.1 Å². The first kappa shape index (κ1) is 11.8. The highest BCUT2D eigenvalue weighted by Gasteiger charge is 2.11. The van der Waals surface area contributed by atoms with Crippen molar-refractivity contribution < 1.29 is 8.42 Å². The van der Waals surface area contributed by atoms with Crippen LogP contribution >= 0.6 is 0 Å². The van der Waals surface area contributed by atoms with E-state index in [0.717, 1.165) is 0 Å². The van der Waals surface area contributed by atoms with Crippen LogP contribution in [0.25, 0.3) is 0 Å². The highest BCUT2D eigenvalue weighted by molar-refractivity contribution is 7.91. The van der Waals surface area contributed by atoms with Crippen LogP contribution in [-0.4, -0.2) is 39.5 Å². The lowest BCUT2D eigenvalue weighted by molar-refractivity contribution is 0.568. The van der Waals surface area contributed by atoms with Crippen LogP contribution in [0.5, 0.6) is 0 Å². The molecule has 0 saturated heterocycles. The van der Waals surface area contributed by atoms with Crippen LogP contribution in [-0.2, 0) is 22.9 Å². The molecule has 2 rings (SSSR count). The van der Waals surface area contributed by atoms with Gasteiger partial charge in [0, 0.05) is 24.8 Å². The molecule has 0 spiro atoms. The summed E-state index contributed by atoms with van der Waals surface area (Å²) < 4.78 is 26.7. The minimum Gasteiger partial charge on any atom is -0.272 e. The summed E-state index contributed by atoms with van der Waals surface area (Å²) in [6.07, 6.45) is 6.78.